The predicted molar refractivity (Wildman–Crippen MR) is 102 cm³/mol. The van der Waals surface area contributed by atoms with Crippen LogP contribution < -0.4 is 0 Å². The van der Waals surface area contributed by atoms with Crippen LogP contribution in [-0.4, -0.2) is 25.4 Å². The van der Waals surface area contributed by atoms with Gasteiger partial charge in [0.25, 0.3) is 0 Å². The summed E-state index contributed by atoms with van der Waals surface area (Å²) in [6, 6.07) is 0. The average Bonchev–Trinajstić information content (AvgIpc) is 2.51. The van der Waals surface area contributed by atoms with Gasteiger partial charge in [0.05, 0.1) is 5.60 Å². The molecule has 0 aromatic carbocycles. The molecule has 0 aliphatic carbocycles. The van der Waals surface area contributed by atoms with E-state index in [1.807, 2.05) is 0 Å². The second-order valence-corrected chi connectivity index (χ2v) is 7.40. The standard InChI is InChI=1S/C21H44O2/c1-6-9-11-12-13-14-16-20(21(4,5)23-8-3)17-15-19-22-18-10-7-2/h20H,6-19H2,1-5H3. The SMILES string of the molecule is CCCCCCCCC(CCCOCCCC)C(C)(C)OCC. The molecule has 0 spiro atoms. The molecule has 0 amide bonds. The van der Waals surface area contributed by atoms with E-state index >= 15 is 0 Å². The van der Waals surface area contributed by atoms with Crippen LogP contribution in [0.4, 0.5) is 0 Å². The first-order valence-corrected chi connectivity index (χ1v) is 10.3. The lowest BCUT2D eigenvalue weighted by atomic mass is 9.82. The highest BCUT2D eigenvalue weighted by molar-refractivity contribution is 4.79. The molecule has 0 aliphatic rings. The van der Waals surface area contributed by atoms with Crippen LogP contribution in [0.2, 0.25) is 0 Å². The zero-order valence-corrected chi connectivity index (χ0v) is 16.8. The second-order valence-electron chi connectivity index (χ2n) is 7.40. The zero-order chi connectivity index (χ0) is 17.4. The Morgan fingerprint density at radius 1 is 0.696 bits per heavy atom. The Bertz CT molecular complexity index is 222. The van der Waals surface area contributed by atoms with Crippen LogP contribution in [0.1, 0.15) is 105 Å². The molecule has 0 saturated carbocycles. The second kappa shape index (κ2) is 15.4. The van der Waals surface area contributed by atoms with E-state index in [2.05, 4.69) is 34.6 Å². The van der Waals surface area contributed by atoms with Crippen LogP contribution in [0, 0.1) is 5.92 Å². The molecule has 0 heterocycles. The van der Waals surface area contributed by atoms with E-state index in [0.29, 0.717) is 5.92 Å². The molecule has 2 nitrogen and oxygen atoms in total. The van der Waals surface area contributed by atoms with Gasteiger partial charge in [-0.05, 0) is 52.4 Å². The summed E-state index contributed by atoms with van der Waals surface area (Å²) in [5, 5.41) is 0. The maximum absolute atomic E-state index is 6.04. The first-order chi connectivity index (χ1) is 11.1. The Morgan fingerprint density at radius 3 is 1.91 bits per heavy atom. The van der Waals surface area contributed by atoms with Crippen LogP contribution in [0.3, 0.4) is 0 Å². The van der Waals surface area contributed by atoms with Crippen molar-refractivity contribution in [2.45, 2.75) is 111 Å². The van der Waals surface area contributed by atoms with Gasteiger partial charge in [-0.15, -0.1) is 0 Å². The fourth-order valence-corrected chi connectivity index (χ4v) is 3.28. The molecule has 0 N–H and O–H groups in total. The van der Waals surface area contributed by atoms with Crippen molar-refractivity contribution in [1.29, 1.82) is 0 Å². The van der Waals surface area contributed by atoms with Crippen molar-refractivity contribution in [3.8, 4) is 0 Å². The summed E-state index contributed by atoms with van der Waals surface area (Å²) in [6.07, 6.45) is 14.4. The van der Waals surface area contributed by atoms with E-state index in [0.717, 1.165) is 19.8 Å². The summed E-state index contributed by atoms with van der Waals surface area (Å²) >= 11 is 0. The van der Waals surface area contributed by atoms with E-state index in [1.165, 1.54) is 70.6 Å². The summed E-state index contributed by atoms with van der Waals surface area (Å²) in [6.45, 7) is 13.8. The quantitative estimate of drug-likeness (QED) is 0.274. The number of rotatable bonds is 17. The monoisotopic (exact) mass is 328 g/mol. The Labute approximate surface area is 146 Å². The molecule has 0 radical (unpaired) electrons. The lowest BCUT2D eigenvalue weighted by molar-refractivity contribution is -0.0618. The number of ether oxygens (including phenoxy) is 2. The highest BCUT2D eigenvalue weighted by Crippen LogP contribution is 2.30. The van der Waals surface area contributed by atoms with E-state index in [9.17, 15) is 0 Å². The highest BCUT2D eigenvalue weighted by atomic mass is 16.5. The van der Waals surface area contributed by atoms with Crippen molar-refractivity contribution in [3.05, 3.63) is 0 Å². The molecule has 23 heavy (non-hydrogen) atoms. The van der Waals surface area contributed by atoms with Gasteiger partial charge >= 0.3 is 0 Å². The van der Waals surface area contributed by atoms with Crippen molar-refractivity contribution in [2.24, 2.45) is 5.92 Å². The minimum atomic E-state index is 0.00157. The first-order valence-electron chi connectivity index (χ1n) is 10.3. The van der Waals surface area contributed by atoms with Gasteiger partial charge in [-0.25, -0.2) is 0 Å². The summed E-state index contributed by atoms with van der Waals surface area (Å²) < 4.78 is 11.8. The molecule has 0 aliphatic heterocycles. The lowest BCUT2D eigenvalue weighted by Gasteiger charge is -2.34. The van der Waals surface area contributed by atoms with Crippen molar-refractivity contribution in [3.63, 3.8) is 0 Å². The minimum Gasteiger partial charge on any atom is -0.381 e. The molecule has 0 aromatic heterocycles. The van der Waals surface area contributed by atoms with E-state index in [-0.39, 0.29) is 5.60 Å². The van der Waals surface area contributed by atoms with Gasteiger partial charge in [0.1, 0.15) is 0 Å². The summed E-state index contributed by atoms with van der Waals surface area (Å²) in [7, 11) is 0. The maximum atomic E-state index is 6.04. The van der Waals surface area contributed by atoms with Crippen molar-refractivity contribution in [1.82, 2.24) is 0 Å². The fourth-order valence-electron chi connectivity index (χ4n) is 3.28. The number of hydrogen-bond acceptors (Lipinski definition) is 2. The highest BCUT2D eigenvalue weighted by Gasteiger charge is 2.29. The average molecular weight is 329 g/mol. The maximum Gasteiger partial charge on any atom is 0.0654 e. The van der Waals surface area contributed by atoms with Crippen LogP contribution in [0.5, 0.6) is 0 Å². The third-order valence-electron chi connectivity index (χ3n) is 4.89. The molecular weight excluding hydrogens is 284 g/mol. The van der Waals surface area contributed by atoms with E-state index in [4.69, 9.17) is 9.47 Å². The third-order valence-corrected chi connectivity index (χ3v) is 4.89. The van der Waals surface area contributed by atoms with Gasteiger partial charge in [-0.1, -0.05) is 58.8 Å². The molecule has 0 bridgehead atoms. The van der Waals surface area contributed by atoms with Crippen molar-refractivity contribution >= 4 is 0 Å². The first kappa shape index (κ1) is 22.9. The molecule has 2 heteroatoms. The normalized spacial score (nSPS) is 13.4. The van der Waals surface area contributed by atoms with Gasteiger partial charge in [0, 0.05) is 19.8 Å². The fraction of sp³-hybridized carbons (Fsp3) is 1.00. The Kier molecular flexibility index (Phi) is 15.4. The van der Waals surface area contributed by atoms with Gasteiger partial charge in [-0.3, -0.25) is 0 Å². The smallest absolute Gasteiger partial charge is 0.0654 e. The van der Waals surface area contributed by atoms with Crippen LogP contribution in [0.25, 0.3) is 0 Å². The van der Waals surface area contributed by atoms with E-state index < -0.39 is 0 Å². The molecule has 0 aromatic rings. The van der Waals surface area contributed by atoms with Crippen LogP contribution >= 0.6 is 0 Å². The summed E-state index contributed by atoms with van der Waals surface area (Å²) in [5.41, 5.74) is 0.00157. The van der Waals surface area contributed by atoms with Gasteiger partial charge < -0.3 is 9.47 Å². The molecule has 140 valence electrons. The number of unbranched alkanes of at least 4 members (excludes halogenated alkanes) is 6. The van der Waals surface area contributed by atoms with Gasteiger partial charge in [0.2, 0.25) is 0 Å². The lowest BCUT2D eigenvalue weighted by Crippen LogP contribution is -2.35. The largest absolute Gasteiger partial charge is 0.381 e. The van der Waals surface area contributed by atoms with Crippen LogP contribution in [0.15, 0.2) is 0 Å². The molecular formula is C21H44O2. The van der Waals surface area contributed by atoms with E-state index in [1.54, 1.807) is 0 Å². The Hall–Kier alpha value is -0.0800. The Morgan fingerprint density at radius 2 is 1.26 bits per heavy atom. The molecule has 1 unspecified atom stereocenters. The van der Waals surface area contributed by atoms with Gasteiger partial charge in [-0.2, -0.15) is 0 Å². The zero-order valence-electron chi connectivity index (χ0n) is 16.8. The molecule has 0 rings (SSSR count). The van der Waals surface area contributed by atoms with Gasteiger partial charge in [0.15, 0.2) is 0 Å². The molecule has 1 atom stereocenters. The Balaban J connectivity index is 4.04. The predicted octanol–water partition coefficient (Wildman–Crippen LogP) is 6.77. The summed E-state index contributed by atoms with van der Waals surface area (Å²) in [4.78, 5) is 0. The topological polar surface area (TPSA) is 18.5 Å². The number of hydrogen-bond donors (Lipinski definition) is 0. The van der Waals surface area contributed by atoms with Crippen molar-refractivity contribution in [2.75, 3.05) is 19.8 Å². The van der Waals surface area contributed by atoms with Crippen LogP contribution in [-0.2, 0) is 9.47 Å². The minimum absolute atomic E-state index is 0.00157. The third kappa shape index (κ3) is 12.9. The summed E-state index contributed by atoms with van der Waals surface area (Å²) in [5.74, 6) is 0.656. The van der Waals surface area contributed by atoms with Crippen molar-refractivity contribution < 1.29 is 9.47 Å². The molecule has 0 fully saturated rings. The molecule has 0 saturated heterocycles.